The molecular formula is C25H23ClFNO2S. The molecule has 0 N–H and O–H groups in total. The van der Waals surface area contributed by atoms with Crippen molar-refractivity contribution in [3.8, 4) is 0 Å². The van der Waals surface area contributed by atoms with Gasteiger partial charge in [-0.05, 0) is 55.3 Å². The highest BCUT2D eigenvalue weighted by molar-refractivity contribution is 7.92. The van der Waals surface area contributed by atoms with E-state index in [4.69, 9.17) is 11.6 Å². The third kappa shape index (κ3) is 4.89. The fourth-order valence-electron chi connectivity index (χ4n) is 3.23. The molecule has 0 heterocycles. The molecule has 3 aromatic carbocycles. The van der Waals surface area contributed by atoms with Crippen LogP contribution in [0, 0.1) is 12.7 Å². The Kier molecular flexibility index (Phi) is 6.98. The molecule has 160 valence electrons. The standard InChI is InChI=1S/C25H23ClFNO2S/c1-4-5-16-28(31(29,30)21-13-10-18(2)11-14-21)25-15-12-20(26)17-23(25)19(3)22-8-6-7-9-24(22)27/h4,6-15,17H,1,3,5,16H2,2H3. The summed E-state index contributed by atoms with van der Waals surface area (Å²) in [6.07, 6.45) is 2.08. The molecule has 0 atom stereocenters. The van der Waals surface area contributed by atoms with Gasteiger partial charge in [0.25, 0.3) is 10.0 Å². The van der Waals surface area contributed by atoms with Gasteiger partial charge in [0.2, 0.25) is 0 Å². The van der Waals surface area contributed by atoms with Crippen LogP contribution in [0.15, 0.2) is 90.9 Å². The van der Waals surface area contributed by atoms with E-state index in [0.717, 1.165) is 5.56 Å². The number of hydrogen-bond acceptors (Lipinski definition) is 2. The van der Waals surface area contributed by atoms with Gasteiger partial charge in [0.15, 0.2) is 0 Å². The molecule has 3 aromatic rings. The zero-order valence-corrected chi connectivity index (χ0v) is 18.8. The van der Waals surface area contributed by atoms with Crippen molar-refractivity contribution in [2.75, 3.05) is 10.8 Å². The molecular weight excluding hydrogens is 433 g/mol. The number of aryl methyl sites for hydroxylation is 1. The highest BCUT2D eigenvalue weighted by Crippen LogP contribution is 2.36. The minimum Gasteiger partial charge on any atom is -0.265 e. The van der Waals surface area contributed by atoms with Gasteiger partial charge in [0.05, 0.1) is 10.6 Å². The highest BCUT2D eigenvalue weighted by atomic mass is 35.5. The Balaban J connectivity index is 2.19. The van der Waals surface area contributed by atoms with E-state index in [1.54, 1.807) is 66.7 Å². The minimum atomic E-state index is -3.90. The van der Waals surface area contributed by atoms with Crippen LogP contribution in [-0.4, -0.2) is 15.0 Å². The molecule has 0 spiro atoms. The second-order valence-electron chi connectivity index (χ2n) is 7.09. The van der Waals surface area contributed by atoms with Crippen LogP contribution in [0.4, 0.5) is 10.1 Å². The summed E-state index contributed by atoms with van der Waals surface area (Å²) in [4.78, 5) is 0.166. The molecule has 31 heavy (non-hydrogen) atoms. The lowest BCUT2D eigenvalue weighted by atomic mass is 9.97. The fraction of sp³-hybridized carbons (Fsp3) is 0.120. The van der Waals surface area contributed by atoms with Crippen molar-refractivity contribution in [1.29, 1.82) is 0 Å². The highest BCUT2D eigenvalue weighted by Gasteiger charge is 2.27. The van der Waals surface area contributed by atoms with Crippen LogP contribution in [0.1, 0.15) is 23.1 Å². The number of benzene rings is 3. The van der Waals surface area contributed by atoms with Gasteiger partial charge in [-0.3, -0.25) is 4.31 Å². The predicted octanol–water partition coefficient (Wildman–Crippen LogP) is 6.62. The lowest BCUT2D eigenvalue weighted by Crippen LogP contribution is -2.32. The van der Waals surface area contributed by atoms with Gasteiger partial charge < -0.3 is 0 Å². The van der Waals surface area contributed by atoms with Crippen molar-refractivity contribution in [2.24, 2.45) is 0 Å². The third-order valence-electron chi connectivity index (χ3n) is 4.90. The Morgan fingerprint density at radius 3 is 2.39 bits per heavy atom. The van der Waals surface area contributed by atoms with Crippen LogP contribution in [0.2, 0.25) is 5.02 Å². The van der Waals surface area contributed by atoms with E-state index in [1.807, 2.05) is 6.92 Å². The Morgan fingerprint density at radius 1 is 1.06 bits per heavy atom. The van der Waals surface area contributed by atoms with Crippen LogP contribution >= 0.6 is 11.6 Å². The molecule has 0 saturated carbocycles. The van der Waals surface area contributed by atoms with E-state index in [0.29, 0.717) is 28.3 Å². The van der Waals surface area contributed by atoms with Crippen molar-refractivity contribution in [2.45, 2.75) is 18.2 Å². The van der Waals surface area contributed by atoms with Gasteiger partial charge in [-0.1, -0.05) is 60.2 Å². The van der Waals surface area contributed by atoms with Crippen molar-refractivity contribution < 1.29 is 12.8 Å². The topological polar surface area (TPSA) is 37.4 Å². The molecule has 0 aliphatic rings. The summed E-state index contributed by atoms with van der Waals surface area (Å²) < 4.78 is 42.9. The molecule has 0 amide bonds. The molecule has 0 aliphatic heterocycles. The fourth-order valence-corrected chi connectivity index (χ4v) is 4.91. The van der Waals surface area contributed by atoms with Crippen LogP contribution < -0.4 is 4.31 Å². The SMILES string of the molecule is C=CCCN(c1ccc(Cl)cc1C(=C)c1ccccc1F)S(=O)(=O)c1ccc(C)cc1. The summed E-state index contributed by atoms with van der Waals surface area (Å²) in [6.45, 7) is 9.82. The quantitative estimate of drug-likeness (QED) is 0.358. The monoisotopic (exact) mass is 455 g/mol. The van der Waals surface area contributed by atoms with Gasteiger partial charge in [0.1, 0.15) is 5.82 Å². The molecule has 0 unspecified atom stereocenters. The molecule has 0 saturated heterocycles. The largest absolute Gasteiger partial charge is 0.265 e. The number of nitrogens with zero attached hydrogens (tertiary/aromatic N) is 1. The van der Waals surface area contributed by atoms with Crippen LogP contribution in [0.5, 0.6) is 0 Å². The average Bonchev–Trinajstić information content (AvgIpc) is 2.75. The lowest BCUT2D eigenvalue weighted by Gasteiger charge is -2.27. The maximum absolute atomic E-state index is 14.5. The van der Waals surface area contributed by atoms with E-state index < -0.39 is 15.8 Å². The molecule has 0 fully saturated rings. The summed E-state index contributed by atoms with van der Waals surface area (Å²) in [5, 5.41) is 0.396. The van der Waals surface area contributed by atoms with Crippen molar-refractivity contribution >= 4 is 32.9 Å². The second kappa shape index (κ2) is 9.50. The number of rotatable bonds is 8. The van der Waals surface area contributed by atoms with E-state index >= 15 is 0 Å². The van der Waals surface area contributed by atoms with E-state index in [2.05, 4.69) is 13.2 Å². The Hall–Kier alpha value is -2.89. The molecule has 0 aromatic heterocycles. The molecule has 0 aliphatic carbocycles. The molecule has 3 nitrogen and oxygen atoms in total. The van der Waals surface area contributed by atoms with Gasteiger partial charge in [-0.15, -0.1) is 6.58 Å². The number of anilines is 1. The number of halogens is 2. The Morgan fingerprint density at radius 2 is 1.74 bits per heavy atom. The Bertz CT molecular complexity index is 1220. The first kappa shape index (κ1) is 22.8. The maximum Gasteiger partial charge on any atom is 0.264 e. The van der Waals surface area contributed by atoms with Crippen LogP contribution in [0.25, 0.3) is 5.57 Å². The van der Waals surface area contributed by atoms with E-state index in [9.17, 15) is 12.8 Å². The van der Waals surface area contributed by atoms with E-state index in [1.165, 1.54) is 10.4 Å². The molecule has 0 bridgehead atoms. The number of hydrogen-bond donors (Lipinski definition) is 0. The zero-order chi connectivity index (χ0) is 22.6. The van der Waals surface area contributed by atoms with Gasteiger partial charge >= 0.3 is 0 Å². The maximum atomic E-state index is 14.5. The second-order valence-corrected chi connectivity index (χ2v) is 9.39. The normalized spacial score (nSPS) is 11.2. The molecule has 6 heteroatoms. The predicted molar refractivity (Wildman–Crippen MR) is 127 cm³/mol. The van der Waals surface area contributed by atoms with Crippen molar-refractivity contribution in [3.63, 3.8) is 0 Å². The first-order chi connectivity index (χ1) is 14.8. The summed E-state index contributed by atoms with van der Waals surface area (Å²) >= 11 is 6.23. The minimum absolute atomic E-state index is 0.166. The smallest absolute Gasteiger partial charge is 0.264 e. The summed E-state index contributed by atoms with van der Waals surface area (Å²) in [7, 11) is -3.90. The Labute approximate surface area is 188 Å². The average molecular weight is 456 g/mol. The number of sulfonamides is 1. The summed E-state index contributed by atoms with van der Waals surface area (Å²) in [5.41, 5.74) is 2.40. The van der Waals surface area contributed by atoms with Crippen molar-refractivity contribution in [3.05, 3.63) is 113 Å². The lowest BCUT2D eigenvalue weighted by molar-refractivity contribution is 0.591. The van der Waals surface area contributed by atoms with Gasteiger partial charge in [-0.2, -0.15) is 0 Å². The summed E-state index contributed by atoms with van der Waals surface area (Å²) in [6, 6.07) is 17.7. The third-order valence-corrected chi connectivity index (χ3v) is 6.96. The van der Waals surface area contributed by atoms with E-state index in [-0.39, 0.29) is 17.0 Å². The summed E-state index contributed by atoms with van der Waals surface area (Å²) in [5.74, 6) is -0.447. The zero-order valence-electron chi connectivity index (χ0n) is 17.2. The van der Waals surface area contributed by atoms with Gasteiger partial charge in [-0.25, -0.2) is 12.8 Å². The van der Waals surface area contributed by atoms with Crippen molar-refractivity contribution in [1.82, 2.24) is 0 Å². The first-order valence-corrected chi connectivity index (χ1v) is 11.5. The molecule has 0 radical (unpaired) electrons. The van der Waals surface area contributed by atoms with Crippen LogP contribution in [0.3, 0.4) is 0 Å². The van der Waals surface area contributed by atoms with Crippen LogP contribution in [-0.2, 0) is 10.0 Å². The van der Waals surface area contributed by atoms with Gasteiger partial charge in [0, 0.05) is 22.7 Å². The molecule has 3 rings (SSSR count). The first-order valence-electron chi connectivity index (χ1n) is 9.69.